The Morgan fingerprint density at radius 3 is 2.58 bits per heavy atom. The van der Waals surface area contributed by atoms with Gasteiger partial charge >= 0.3 is 18.1 Å². The van der Waals surface area contributed by atoms with E-state index in [-0.39, 0.29) is 17.9 Å². The number of esters is 1. The molecular weight excluding hydrogens is 349 g/mol. The number of anilines is 2. The van der Waals surface area contributed by atoms with Crippen molar-refractivity contribution in [2.24, 2.45) is 5.92 Å². The Bertz CT molecular complexity index is 717. The zero-order valence-corrected chi connectivity index (χ0v) is 14.2. The molecule has 1 aromatic rings. The minimum absolute atomic E-state index is 0.0646. The van der Waals surface area contributed by atoms with E-state index in [1.54, 1.807) is 5.32 Å². The molecule has 1 heterocycles. The van der Waals surface area contributed by atoms with Gasteiger partial charge in [-0.15, -0.1) is 6.42 Å². The van der Waals surface area contributed by atoms with Crippen LogP contribution in [0.3, 0.4) is 0 Å². The molecule has 0 spiro atoms. The summed E-state index contributed by atoms with van der Waals surface area (Å²) in [7, 11) is 0. The SMILES string of the molecule is C#CCOC(=O)c1cc(NC(=O)C(F)(F)F)ccc1N1CCC(C)CC1. The Kier molecular flexibility index (Phi) is 6.14. The van der Waals surface area contributed by atoms with Crippen molar-refractivity contribution in [2.75, 3.05) is 29.9 Å². The van der Waals surface area contributed by atoms with E-state index in [4.69, 9.17) is 11.2 Å². The van der Waals surface area contributed by atoms with Crippen molar-refractivity contribution in [3.63, 3.8) is 0 Å². The van der Waals surface area contributed by atoms with Crippen LogP contribution in [0.1, 0.15) is 30.1 Å². The van der Waals surface area contributed by atoms with Crippen LogP contribution in [-0.4, -0.2) is 37.7 Å². The molecule has 1 aliphatic heterocycles. The van der Waals surface area contributed by atoms with Gasteiger partial charge in [0.05, 0.1) is 11.3 Å². The minimum Gasteiger partial charge on any atom is -0.449 e. The smallest absolute Gasteiger partial charge is 0.449 e. The number of benzene rings is 1. The van der Waals surface area contributed by atoms with Gasteiger partial charge in [0, 0.05) is 18.8 Å². The fraction of sp³-hybridized carbons (Fsp3) is 0.444. The second kappa shape index (κ2) is 8.13. The van der Waals surface area contributed by atoms with Crippen molar-refractivity contribution in [1.29, 1.82) is 0 Å². The number of ether oxygens (including phenoxy) is 1. The zero-order chi connectivity index (χ0) is 19.3. The number of terminal acetylenes is 1. The molecule has 0 saturated carbocycles. The first-order valence-corrected chi connectivity index (χ1v) is 8.10. The highest BCUT2D eigenvalue weighted by molar-refractivity contribution is 6.00. The van der Waals surface area contributed by atoms with Crippen LogP contribution in [0.25, 0.3) is 0 Å². The second-order valence-electron chi connectivity index (χ2n) is 6.13. The van der Waals surface area contributed by atoms with Gasteiger partial charge in [0.25, 0.3) is 0 Å². The Morgan fingerprint density at radius 1 is 1.35 bits per heavy atom. The van der Waals surface area contributed by atoms with Crippen molar-refractivity contribution in [1.82, 2.24) is 0 Å². The average Bonchev–Trinajstić information content (AvgIpc) is 2.59. The summed E-state index contributed by atoms with van der Waals surface area (Å²) in [5.74, 6) is -0.133. The lowest BCUT2D eigenvalue weighted by Crippen LogP contribution is -2.34. The number of amides is 1. The molecule has 0 aliphatic carbocycles. The summed E-state index contributed by atoms with van der Waals surface area (Å²) in [5, 5.41) is 1.74. The molecular formula is C18H19F3N2O3. The molecule has 2 rings (SSSR count). The van der Waals surface area contributed by atoms with E-state index in [1.165, 1.54) is 18.2 Å². The first kappa shape index (κ1) is 19.6. The summed E-state index contributed by atoms with van der Waals surface area (Å²) >= 11 is 0. The summed E-state index contributed by atoms with van der Waals surface area (Å²) in [6.07, 6.45) is 1.92. The maximum Gasteiger partial charge on any atom is 0.471 e. The molecule has 0 radical (unpaired) electrons. The maximum atomic E-state index is 12.4. The third kappa shape index (κ3) is 4.91. The van der Waals surface area contributed by atoms with Crippen LogP contribution in [-0.2, 0) is 9.53 Å². The van der Waals surface area contributed by atoms with E-state index in [0.717, 1.165) is 12.8 Å². The van der Waals surface area contributed by atoms with Gasteiger partial charge in [-0.2, -0.15) is 13.2 Å². The van der Waals surface area contributed by atoms with Gasteiger partial charge in [-0.25, -0.2) is 4.79 Å². The number of piperidine rings is 1. The topological polar surface area (TPSA) is 58.6 Å². The average molecular weight is 368 g/mol. The number of hydrogen-bond acceptors (Lipinski definition) is 4. The van der Waals surface area contributed by atoms with Crippen molar-refractivity contribution in [3.8, 4) is 12.3 Å². The van der Waals surface area contributed by atoms with Crippen molar-refractivity contribution in [3.05, 3.63) is 23.8 Å². The predicted molar refractivity (Wildman–Crippen MR) is 90.9 cm³/mol. The predicted octanol–water partition coefficient (Wildman–Crippen LogP) is 3.21. The first-order valence-electron chi connectivity index (χ1n) is 8.10. The van der Waals surface area contributed by atoms with Crippen molar-refractivity contribution >= 4 is 23.3 Å². The third-order valence-corrected chi connectivity index (χ3v) is 4.14. The molecule has 1 aromatic carbocycles. The highest BCUT2D eigenvalue weighted by Gasteiger charge is 2.38. The van der Waals surface area contributed by atoms with Gasteiger partial charge in [-0.3, -0.25) is 4.79 Å². The second-order valence-corrected chi connectivity index (χ2v) is 6.13. The Balaban J connectivity index is 2.31. The van der Waals surface area contributed by atoms with E-state index < -0.39 is 18.1 Å². The molecule has 8 heteroatoms. The van der Waals surface area contributed by atoms with Crippen molar-refractivity contribution < 1.29 is 27.5 Å². The van der Waals surface area contributed by atoms with Crippen LogP contribution in [0.15, 0.2) is 18.2 Å². The van der Waals surface area contributed by atoms with E-state index in [9.17, 15) is 22.8 Å². The molecule has 26 heavy (non-hydrogen) atoms. The molecule has 1 aliphatic rings. The highest BCUT2D eigenvalue weighted by Crippen LogP contribution is 2.30. The number of carbonyl (C=O) groups is 2. The third-order valence-electron chi connectivity index (χ3n) is 4.14. The number of nitrogens with one attached hydrogen (secondary N) is 1. The standard InChI is InChI=1S/C18H19F3N2O3/c1-3-10-26-16(24)14-11-13(22-17(25)18(19,20)21)4-5-15(14)23-8-6-12(2)7-9-23/h1,4-5,11-12H,6-10H2,2H3,(H,22,25). The molecule has 140 valence electrons. The van der Waals surface area contributed by atoms with E-state index in [1.807, 2.05) is 4.90 Å². The summed E-state index contributed by atoms with van der Waals surface area (Å²) < 4.78 is 42.2. The van der Waals surface area contributed by atoms with Crippen LogP contribution in [0, 0.1) is 18.3 Å². The minimum atomic E-state index is -5.02. The molecule has 5 nitrogen and oxygen atoms in total. The number of hydrogen-bond donors (Lipinski definition) is 1. The van der Waals surface area contributed by atoms with Crippen LogP contribution >= 0.6 is 0 Å². The quantitative estimate of drug-likeness (QED) is 0.655. The summed E-state index contributed by atoms with van der Waals surface area (Å²) in [6, 6.07) is 4.01. The Labute approximate surface area is 149 Å². The fourth-order valence-corrected chi connectivity index (χ4v) is 2.69. The molecule has 1 amide bonds. The molecule has 1 fully saturated rings. The van der Waals surface area contributed by atoms with E-state index in [0.29, 0.717) is 24.7 Å². The molecule has 0 unspecified atom stereocenters. The Morgan fingerprint density at radius 2 is 2.00 bits per heavy atom. The monoisotopic (exact) mass is 368 g/mol. The van der Waals surface area contributed by atoms with Gasteiger partial charge < -0.3 is 15.0 Å². The summed E-state index contributed by atoms with van der Waals surface area (Å²) in [6.45, 7) is 3.30. The van der Waals surface area contributed by atoms with Crippen LogP contribution in [0.4, 0.5) is 24.5 Å². The number of rotatable bonds is 4. The zero-order valence-electron chi connectivity index (χ0n) is 14.2. The van der Waals surface area contributed by atoms with Gasteiger partial charge in [0.2, 0.25) is 0 Å². The van der Waals surface area contributed by atoms with Gasteiger partial charge in [0.1, 0.15) is 0 Å². The van der Waals surface area contributed by atoms with Gasteiger partial charge in [-0.05, 0) is 37.0 Å². The highest BCUT2D eigenvalue weighted by atomic mass is 19.4. The molecule has 1 N–H and O–H groups in total. The van der Waals surface area contributed by atoms with Crippen LogP contribution < -0.4 is 10.2 Å². The lowest BCUT2D eigenvalue weighted by molar-refractivity contribution is -0.167. The number of halogens is 3. The largest absolute Gasteiger partial charge is 0.471 e. The van der Waals surface area contributed by atoms with E-state index in [2.05, 4.69) is 12.8 Å². The molecule has 0 atom stereocenters. The summed E-state index contributed by atoms with van der Waals surface area (Å²) in [5.41, 5.74) is 0.466. The lowest BCUT2D eigenvalue weighted by Gasteiger charge is -2.33. The molecule has 0 aromatic heterocycles. The van der Waals surface area contributed by atoms with Gasteiger partial charge in [-0.1, -0.05) is 12.8 Å². The molecule has 0 bridgehead atoms. The van der Waals surface area contributed by atoms with E-state index >= 15 is 0 Å². The fourth-order valence-electron chi connectivity index (χ4n) is 2.69. The number of alkyl halides is 3. The van der Waals surface area contributed by atoms with Crippen molar-refractivity contribution in [2.45, 2.75) is 25.9 Å². The normalized spacial score (nSPS) is 15.3. The Hall–Kier alpha value is -2.69. The first-order chi connectivity index (χ1) is 12.2. The maximum absolute atomic E-state index is 12.4. The number of nitrogens with zero attached hydrogens (tertiary/aromatic N) is 1. The summed E-state index contributed by atoms with van der Waals surface area (Å²) in [4.78, 5) is 25.4. The van der Waals surface area contributed by atoms with Gasteiger partial charge in [0.15, 0.2) is 6.61 Å². The van der Waals surface area contributed by atoms with Crippen LogP contribution in [0.5, 0.6) is 0 Å². The number of carbonyl (C=O) groups excluding carboxylic acids is 2. The lowest BCUT2D eigenvalue weighted by atomic mass is 9.98. The molecule has 1 saturated heterocycles. The van der Waals surface area contributed by atoms with Crippen LogP contribution in [0.2, 0.25) is 0 Å².